The molecule has 2 aliphatic rings. The zero-order chi connectivity index (χ0) is 14.2. The third-order valence-corrected chi connectivity index (χ3v) is 7.15. The fraction of sp³-hybridized carbons (Fsp3) is 0.625. The van der Waals surface area contributed by atoms with Gasteiger partial charge in [0.25, 0.3) is 0 Å². The van der Waals surface area contributed by atoms with E-state index in [2.05, 4.69) is 68.8 Å². The SMILES string of the molecule is CN(C)C1CCCC12CCN(SI)c1ccccc1C2. The van der Waals surface area contributed by atoms with Crippen molar-refractivity contribution in [3.63, 3.8) is 0 Å². The molecule has 1 aliphatic carbocycles. The Bertz CT molecular complexity index is 479. The molecule has 1 saturated carbocycles. The first-order chi connectivity index (χ1) is 9.66. The average molecular weight is 402 g/mol. The van der Waals surface area contributed by atoms with E-state index in [0.717, 1.165) is 6.04 Å². The van der Waals surface area contributed by atoms with Gasteiger partial charge in [0.05, 0.1) is 5.69 Å². The van der Waals surface area contributed by atoms with Crippen molar-refractivity contribution in [2.45, 2.75) is 38.1 Å². The molecule has 20 heavy (non-hydrogen) atoms. The summed E-state index contributed by atoms with van der Waals surface area (Å²) in [5, 5.41) is 0. The molecule has 3 rings (SSSR count). The molecule has 4 heteroatoms. The second kappa shape index (κ2) is 6.05. The van der Waals surface area contributed by atoms with E-state index in [1.165, 1.54) is 44.3 Å². The number of hydrogen-bond acceptors (Lipinski definition) is 3. The summed E-state index contributed by atoms with van der Waals surface area (Å²) >= 11 is 2.42. The Hall–Kier alpha value is 0.0600. The number of rotatable bonds is 2. The van der Waals surface area contributed by atoms with Crippen LogP contribution in [-0.2, 0) is 6.42 Å². The second-order valence-electron chi connectivity index (χ2n) is 6.46. The molecule has 1 aliphatic heterocycles. The predicted octanol–water partition coefficient (Wildman–Crippen LogP) is 4.54. The molecule has 110 valence electrons. The van der Waals surface area contributed by atoms with Crippen LogP contribution in [0, 0.1) is 5.41 Å². The maximum atomic E-state index is 2.48. The topological polar surface area (TPSA) is 6.48 Å². The summed E-state index contributed by atoms with van der Waals surface area (Å²) in [7, 11) is 6.37. The van der Waals surface area contributed by atoms with E-state index in [0.29, 0.717) is 5.41 Å². The molecular weight excluding hydrogens is 379 g/mol. The van der Waals surface area contributed by atoms with Crippen LogP contribution in [0.25, 0.3) is 0 Å². The maximum Gasteiger partial charge on any atom is 0.0509 e. The van der Waals surface area contributed by atoms with E-state index < -0.39 is 0 Å². The van der Waals surface area contributed by atoms with Gasteiger partial charge >= 0.3 is 0 Å². The molecule has 0 bridgehead atoms. The molecule has 2 unspecified atom stereocenters. The quantitative estimate of drug-likeness (QED) is 0.530. The average Bonchev–Trinajstić information content (AvgIpc) is 2.77. The van der Waals surface area contributed by atoms with Gasteiger partial charge in [-0.1, -0.05) is 24.6 Å². The number of benzene rings is 1. The minimum atomic E-state index is 0.487. The molecule has 1 aromatic carbocycles. The third kappa shape index (κ3) is 2.59. The van der Waals surface area contributed by atoms with Crippen molar-refractivity contribution in [1.82, 2.24) is 4.90 Å². The molecule has 1 fully saturated rings. The van der Waals surface area contributed by atoms with Crippen molar-refractivity contribution in [3.05, 3.63) is 29.8 Å². The van der Waals surface area contributed by atoms with Crippen LogP contribution in [0.3, 0.4) is 0 Å². The molecule has 0 aromatic heterocycles. The Morgan fingerprint density at radius 3 is 2.85 bits per heavy atom. The lowest BCUT2D eigenvalue weighted by Crippen LogP contribution is -2.42. The summed E-state index contributed by atoms with van der Waals surface area (Å²) in [5.74, 6) is 0. The Morgan fingerprint density at radius 1 is 1.30 bits per heavy atom. The lowest BCUT2D eigenvalue weighted by molar-refractivity contribution is 0.126. The van der Waals surface area contributed by atoms with Gasteiger partial charge in [0.15, 0.2) is 0 Å². The molecule has 1 spiro atoms. The number of anilines is 1. The summed E-state index contributed by atoms with van der Waals surface area (Å²) in [6, 6.07) is 9.75. The van der Waals surface area contributed by atoms with Gasteiger partial charge in [-0.15, -0.1) is 0 Å². The van der Waals surface area contributed by atoms with Crippen molar-refractivity contribution in [2.75, 3.05) is 24.9 Å². The van der Waals surface area contributed by atoms with Crippen molar-refractivity contribution < 1.29 is 0 Å². The number of halogens is 1. The van der Waals surface area contributed by atoms with Crippen LogP contribution in [0.2, 0.25) is 0 Å². The smallest absolute Gasteiger partial charge is 0.0509 e. The normalized spacial score (nSPS) is 29.8. The number of para-hydroxylation sites is 1. The first-order valence-electron chi connectivity index (χ1n) is 7.47. The summed E-state index contributed by atoms with van der Waals surface area (Å²) in [6.45, 7) is 1.18. The summed E-state index contributed by atoms with van der Waals surface area (Å²) in [6.07, 6.45) is 6.72. The van der Waals surface area contributed by atoms with Gasteiger partial charge in [0, 0.05) is 42.9 Å². The predicted molar refractivity (Wildman–Crippen MR) is 97.5 cm³/mol. The van der Waals surface area contributed by atoms with Crippen molar-refractivity contribution in [3.8, 4) is 0 Å². The summed E-state index contributed by atoms with van der Waals surface area (Å²) in [4.78, 5) is 2.47. The van der Waals surface area contributed by atoms with E-state index in [1.54, 1.807) is 5.56 Å². The number of hydrogen-bond donors (Lipinski definition) is 0. The lowest BCUT2D eigenvalue weighted by atomic mass is 9.74. The van der Waals surface area contributed by atoms with E-state index >= 15 is 0 Å². The first-order valence-corrected chi connectivity index (χ1v) is 10.8. The Morgan fingerprint density at radius 2 is 2.10 bits per heavy atom. The van der Waals surface area contributed by atoms with Crippen LogP contribution in [-0.4, -0.2) is 31.6 Å². The van der Waals surface area contributed by atoms with Crippen LogP contribution < -0.4 is 4.31 Å². The highest BCUT2D eigenvalue weighted by Crippen LogP contribution is 2.50. The molecule has 2 atom stereocenters. The zero-order valence-electron chi connectivity index (χ0n) is 12.3. The summed E-state index contributed by atoms with van der Waals surface area (Å²) < 4.78 is 2.48. The molecule has 0 radical (unpaired) electrons. The highest BCUT2D eigenvalue weighted by molar-refractivity contribution is 14.2. The fourth-order valence-electron chi connectivity index (χ4n) is 4.31. The van der Waals surface area contributed by atoms with Crippen LogP contribution in [0.1, 0.15) is 31.2 Å². The Kier molecular flexibility index (Phi) is 4.53. The minimum absolute atomic E-state index is 0.487. The van der Waals surface area contributed by atoms with Gasteiger partial charge in [-0.25, -0.2) is 0 Å². The molecule has 1 aromatic rings. The van der Waals surface area contributed by atoms with Crippen LogP contribution in [0.4, 0.5) is 5.69 Å². The van der Waals surface area contributed by atoms with Gasteiger partial charge < -0.3 is 9.21 Å². The van der Waals surface area contributed by atoms with Crippen LogP contribution >= 0.6 is 30.3 Å². The number of nitrogens with zero attached hydrogens (tertiary/aromatic N) is 2. The first kappa shape index (κ1) is 15.0. The zero-order valence-corrected chi connectivity index (χ0v) is 15.3. The van der Waals surface area contributed by atoms with E-state index in [-0.39, 0.29) is 0 Å². The summed E-state index contributed by atoms with van der Waals surface area (Å²) in [5.41, 5.74) is 3.47. The monoisotopic (exact) mass is 402 g/mol. The standard InChI is InChI=1S/C16H23IN2S/c1-18(2)15-8-5-9-16(15)10-11-19(20-17)14-7-4-3-6-13(14)12-16/h3-4,6-7,15H,5,8-12H2,1-2H3. The molecule has 0 N–H and O–H groups in total. The van der Waals surface area contributed by atoms with Crippen LogP contribution in [0.5, 0.6) is 0 Å². The molecule has 2 nitrogen and oxygen atoms in total. The highest BCUT2D eigenvalue weighted by Gasteiger charge is 2.45. The molecular formula is C16H23IN2S. The fourth-order valence-corrected chi connectivity index (χ4v) is 5.95. The largest absolute Gasteiger partial charge is 0.307 e. The van der Waals surface area contributed by atoms with Gasteiger partial charge in [-0.2, -0.15) is 0 Å². The van der Waals surface area contributed by atoms with E-state index in [1.807, 2.05) is 9.12 Å². The molecule has 0 amide bonds. The Labute approximate surface area is 139 Å². The number of fused-ring (bicyclic) bond motifs is 1. The third-order valence-electron chi connectivity index (χ3n) is 5.18. The lowest BCUT2D eigenvalue weighted by Gasteiger charge is -2.38. The Balaban J connectivity index is 1.98. The van der Waals surface area contributed by atoms with E-state index in [9.17, 15) is 0 Å². The minimum Gasteiger partial charge on any atom is -0.307 e. The molecule has 0 saturated heterocycles. The second-order valence-corrected chi connectivity index (χ2v) is 8.22. The van der Waals surface area contributed by atoms with Crippen LogP contribution in [0.15, 0.2) is 24.3 Å². The van der Waals surface area contributed by atoms with E-state index in [4.69, 9.17) is 0 Å². The van der Waals surface area contributed by atoms with Gasteiger partial charge in [0.2, 0.25) is 0 Å². The van der Waals surface area contributed by atoms with Gasteiger partial charge in [-0.05, 0) is 56.8 Å². The maximum absolute atomic E-state index is 2.48. The highest BCUT2D eigenvalue weighted by atomic mass is 127. The van der Waals surface area contributed by atoms with Crippen molar-refractivity contribution >= 4 is 36.0 Å². The van der Waals surface area contributed by atoms with Crippen molar-refractivity contribution in [2.24, 2.45) is 5.41 Å². The van der Waals surface area contributed by atoms with Gasteiger partial charge in [-0.3, -0.25) is 0 Å². The van der Waals surface area contributed by atoms with Gasteiger partial charge in [0.1, 0.15) is 0 Å². The van der Waals surface area contributed by atoms with Crippen molar-refractivity contribution in [1.29, 1.82) is 0 Å². The molecule has 1 heterocycles.